The summed E-state index contributed by atoms with van der Waals surface area (Å²) in [5.74, 6) is -1.42. The molecule has 1 aromatic carbocycles. The molecule has 4 rings (SSSR count). The molecule has 0 bridgehead atoms. The van der Waals surface area contributed by atoms with Crippen molar-refractivity contribution in [1.29, 1.82) is 0 Å². The van der Waals surface area contributed by atoms with Crippen molar-refractivity contribution in [3.8, 4) is 0 Å². The zero-order valence-electron chi connectivity index (χ0n) is 12.6. The maximum atomic E-state index is 13.6. The summed E-state index contributed by atoms with van der Waals surface area (Å²) in [6, 6.07) is 4.57. The van der Waals surface area contributed by atoms with Crippen molar-refractivity contribution in [3.05, 3.63) is 56.6 Å². The number of rotatable bonds is 1. The molecule has 0 aliphatic carbocycles. The summed E-state index contributed by atoms with van der Waals surface area (Å²) in [6.07, 6.45) is 0.574. The van der Waals surface area contributed by atoms with Crippen LogP contribution in [0.25, 0.3) is 0 Å². The summed E-state index contributed by atoms with van der Waals surface area (Å²) >= 11 is 3.18. The van der Waals surface area contributed by atoms with Crippen LogP contribution in [-0.2, 0) is 14.3 Å². The Labute approximate surface area is 146 Å². The average Bonchev–Trinajstić information content (AvgIpc) is 2.56. The highest BCUT2D eigenvalue weighted by Crippen LogP contribution is 2.42. The van der Waals surface area contributed by atoms with E-state index in [0.29, 0.717) is 40.8 Å². The van der Waals surface area contributed by atoms with E-state index in [1.807, 2.05) is 0 Å². The minimum atomic E-state index is -0.532. The number of dihydropyridines is 1. The maximum Gasteiger partial charge on any atom is 0.336 e. The molecule has 3 aliphatic rings. The van der Waals surface area contributed by atoms with Gasteiger partial charge in [-0.1, -0.05) is 6.07 Å². The van der Waals surface area contributed by atoms with Crippen LogP contribution in [0.15, 0.2) is 45.2 Å². The van der Waals surface area contributed by atoms with E-state index in [4.69, 9.17) is 4.74 Å². The smallest absolute Gasteiger partial charge is 0.336 e. The first-order valence-corrected chi connectivity index (χ1v) is 8.44. The van der Waals surface area contributed by atoms with Crippen molar-refractivity contribution in [2.45, 2.75) is 12.3 Å². The quantitative estimate of drug-likeness (QED) is 0.714. The molecule has 1 aromatic rings. The van der Waals surface area contributed by atoms with Crippen molar-refractivity contribution in [1.82, 2.24) is 10.6 Å². The first-order valence-electron chi connectivity index (χ1n) is 7.65. The third kappa shape index (κ3) is 2.39. The molecule has 7 heteroatoms. The molecule has 0 saturated carbocycles. The highest BCUT2D eigenvalue weighted by atomic mass is 79.9. The van der Waals surface area contributed by atoms with E-state index in [-0.39, 0.29) is 18.1 Å². The van der Waals surface area contributed by atoms with Crippen LogP contribution in [0.2, 0.25) is 0 Å². The molecule has 0 saturated heterocycles. The molecular weight excluding hydrogens is 379 g/mol. The molecule has 0 radical (unpaired) electrons. The van der Waals surface area contributed by atoms with Crippen LogP contribution in [0, 0.1) is 5.82 Å². The van der Waals surface area contributed by atoms with Gasteiger partial charge in [0.15, 0.2) is 5.78 Å². The van der Waals surface area contributed by atoms with Crippen molar-refractivity contribution in [3.63, 3.8) is 0 Å². The van der Waals surface area contributed by atoms with E-state index in [0.717, 1.165) is 11.4 Å². The van der Waals surface area contributed by atoms with Gasteiger partial charge < -0.3 is 15.4 Å². The highest BCUT2D eigenvalue weighted by Gasteiger charge is 2.41. The maximum absolute atomic E-state index is 13.6. The summed E-state index contributed by atoms with van der Waals surface area (Å²) in [5.41, 5.74) is 3.27. The second-order valence-corrected chi connectivity index (χ2v) is 6.78. The number of benzene rings is 1. The van der Waals surface area contributed by atoms with Crippen LogP contribution >= 0.6 is 15.9 Å². The molecule has 124 valence electrons. The topological polar surface area (TPSA) is 67.4 Å². The first-order chi connectivity index (χ1) is 11.6. The minimum Gasteiger partial charge on any atom is -0.462 e. The number of carbonyl (C=O) groups excluding carboxylic acids is 2. The van der Waals surface area contributed by atoms with Crippen molar-refractivity contribution in [2.75, 3.05) is 19.7 Å². The van der Waals surface area contributed by atoms with Crippen LogP contribution in [-0.4, -0.2) is 31.4 Å². The Bertz CT molecular complexity index is 789. The third-order valence-corrected chi connectivity index (χ3v) is 5.11. The fourth-order valence-electron chi connectivity index (χ4n) is 3.46. The van der Waals surface area contributed by atoms with Gasteiger partial charge in [-0.3, -0.25) is 4.79 Å². The number of halogens is 2. The van der Waals surface area contributed by atoms with Gasteiger partial charge in [0.2, 0.25) is 0 Å². The van der Waals surface area contributed by atoms with Gasteiger partial charge in [0.1, 0.15) is 5.82 Å². The summed E-state index contributed by atoms with van der Waals surface area (Å²) in [7, 11) is 0. The molecule has 3 aliphatic heterocycles. The lowest BCUT2D eigenvalue weighted by Gasteiger charge is -2.37. The second-order valence-electron chi connectivity index (χ2n) is 5.93. The number of ether oxygens (including phenoxy) is 1. The number of ketones is 1. The highest BCUT2D eigenvalue weighted by molar-refractivity contribution is 9.10. The molecule has 5 nitrogen and oxygen atoms in total. The Hall–Kier alpha value is -1.99. The molecule has 0 fully saturated rings. The van der Waals surface area contributed by atoms with E-state index < -0.39 is 11.9 Å². The lowest BCUT2D eigenvalue weighted by atomic mass is 9.76. The number of Topliss-reactive ketones (excluding diaryl/α,β-unsaturated/α-hetero) is 1. The molecule has 0 aromatic heterocycles. The SMILES string of the molecule is O=C1CNCC2=C1C(c1ccc(F)c(Br)c1)C1=C(CCOC1=O)N2. The monoisotopic (exact) mass is 392 g/mol. The van der Waals surface area contributed by atoms with Gasteiger partial charge in [-0.05, 0) is 33.6 Å². The number of esters is 1. The predicted octanol–water partition coefficient (Wildman–Crippen LogP) is 1.90. The molecular formula is C17H14BrFN2O3. The van der Waals surface area contributed by atoms with Gasteiger partial charge in [0.25, 0.3) is 0 Å². The lowest BCUT2D eigenvalue weighted by molar-refractivity contribution is -0.140. The normalized spacial score (nSPS) is 23.5. The van der Waals surface area contributed by atoms with Gasteiger partial charge >= 0.3 is 5.97 Å². The van der Waals surface area contributed by atoms with Gasteiger partial charge in [0.05, 0.1) is 23.2 Å². The molecule has 3 heterocycles. The molecule has 24 heavy (non-hydrogen) atoms. The zero-order valence-corrected chi connectivity index (χ0v) is 14.2. The summed E-state index contributed by atoms with van der Waals surface area (Å²) in [5, 5.41) is 6.29. The predicted molar refractivity (Wildman–Crippen MR) is 87.5 cm³/mol. The molecule has 1 unspecified atom stereocenters. The Balaban J connectivity index is 1.92. The van der Waals surface area contributed by atoms with E-state index in [1.165, 1.54) is 6.07 Å². The van der Waals surface area contributed by atoms with Gasteiger partial charge in [0, 0.05) is 35.9 Å². The van der Waals surface area contributed by atoms with Crippen LogP contribution in [0.1, 0.15) is 17.9 Å². The minimum absolute atomic E-state index is 0.0703. The van der Waals surface area contributed by atoms with Crippen molar-refractivity contribution in [2.24, 2.45) is 0 Å². The average molecular weight is 393 g/mol. The van der Waals surface area contributed by atoms with Crippen molar-refractivity contribution >= 4 is 27.7 Å². The van der Waals surface area contributed by atoms with E-state index in [2.05, 4.69) is 26.6 Å². The molecule has 0 spiro atoms. The second kappa shape index (κ2) is 5.82. The van der Waals surface area contributed by atoms with Crippen LogP contribution in [0.5, 0.6) is 0 Å². The first kappa shape index (κ1) is 15.5. The summed E-state index contributed by atoms with van der Waals surface area (Å²) in [6.45, 7) is 1.07. The van der Waals surface area contributed by atoms with Gasteiger partial charge in [-0.2, -0.15) is 0 Å². The summed E-state index contributed by atoms with van der Waals surface area (Å²) < 4.78 is 19.1. The lowest BCUT2D eigenvalue weighted by Crippen LogP contribution is -2.44. The molecule has 1 atom stereocenters. The van der Waals surface area contributed by atoms with Crippen LogP contribution in [0.4, 0.5) is 4.39 Å². The fraction of sp³-hybridized carbons (Fsp3) is 0.294. The Morgan fingerprint density at radius 3 is 2.79 bits per heavy atom. The van der Waals surface area contributed by atoms with E-state index in [9.17, 15) is 14.0 Å². The molecule has 2 N–H and O–H groups in total. The van der Waals surface area contributed by atoms with E-state index >= 15 is 0 Å². The fourth-order valence-corrected chi connectivity index (χ4v) is 3.86. The molecule has 0 amide bonds. The number of carbonyl (C=O) groups is 2. The number of hydrogen-bond donors (Lipinski definition) is 2. The number of hydrogen-bond acceptors (Lipinski definition) is 5. The Kier molecular flexibility index (Phi) is 3.77. The van der Waals surface area contributed by atoms with Crippen molar-refractivity contribution < 1.29 is 18.7 Å². The number of nitrogens with one attached hydrogen (secondary N) is 2. The van der Waals surface area contributed by atoms with E-state index in [1.54, 1.807) is 12.1 Å². The summed E-state index contributed by atoms with van der Waals surface area (Å²) in [4.78, 5) is 24.9. The largest absolute Gasteiger partial charge is 0.462 e. The zero-order chi connectivity index (χ0) is 16.8. The number of cyclic esters (lactones) is 1. The third-order valence-electron chi connectivity index (χ3n) is 4.50. The van der Waals surface area contributed by atoms with Crippen LogP contribution < -0.4 is 10.6 Å². The van der Waals surface area contributed by atoms with Gasteiger partial charge in [-0.15, -0.1) is 0 Å². The Morgan fingerprint density at radius 1 is 1.17 bits per heavy atom. The van der Waals surface area contributed by atoms with Crippen LogP contribution in [0.3, 0.4) is 0 Å². The Morgan fingerprint density at radius 2 is 2.00 bits per heavy atom. The standard InChI is InChI=1S/C17H14BrFN2O3/c18-9-5-8(1-2-10(9)19)14-15-12(6-20-7-13(15)22)21-11-3-4-24-17(23)16(11)14/h1-2,5,14,20-21H,3-4,6-7H2. The van der Waals surface area contributed by atoms with Gasteiger partial charge in [-0.25, -0.2) is 9.18 Å².